The molecule has 214 valence electrons. The molecule has 3 rings (SSSR count). The predicted octanol–water partition coefficient (Wildman–Crippen LogP) is 5.62. The first-order valence-electron chi connectivity index (χ1n) is 13.0. The van der Waals surface area contributed by atoms with Crippen LogP contribution in [0.15, 0.2) is 72.8 Å². The van der Waals surface area contributed by atoms with Crippen LogP contribution in [0, 0.1) is 6.92 Å². The number of carbonyl (C=O) groups is 2. The SMILES string of the molecule is CC[C@@H](C)NC(=O)[C@@H](Cc1ccccc1)N(Cc1c(Cl)cccc1Cl)C(=O)CN(c1ccccc1C)S(C)(=O)=O. The van der Waals surface area contributed by atoms with Crippen LogP contribution in [0.4, 0.5) is 5.69 Å². The summed E-state index contributed by atoms with van der Waals surface area (Å²) in [5.41, 5.74) is 2.39. The second-order valence-corrected chi connectivity index (χ2v) is 12.5. The van der Waals surface area contributed by atoms with Gasteiger partial charge in [-0.2, -0.15) is 0 Å². The van der Waals surface area contributed by atoms with Crippen molar-refractivity contribution in [2.45, 2.75) is 52.2 Å². The highest BCUT2D eigenvalue weighted by atomic mass is 35.5. The summed E-state index contributed by atoms with van der Waals surface area (Å²) in [4.78, 5) is 29.3. The zero-order valence-electron chi connectivity index (χ0n) is 23.1. The second kappa shape index (κ2) is 14.0. The molecule has 0 fully saturated rings. The van der Waals surface area contributed by atoms with Gasteiger partial charge in [0, 0.05) is 34.6 Å². The Morgan fingerprint density at radius 1 is 0.925 bits per heavy atom. The number of hydrogen-bond donors (Lipinski definition) is 1. The van der Waals surface area contributed by atoms with E-state index in [4.69, 9.17) is 23.2 Å². The zero-order valence-corrected chi connectivity index (χ0v) is 25.4. The molecule has 0 saturated carbocycles. The van der Waals surface area contributed by atoms with Gasteiger partial charge in [0.25, 0.3) is 0 Å². The third-order valence-electron chi connectivity index (χ3n) is 6.73. The largest absolute Gasteiger partial charge is 0.352 e. The van der Waals surface area contributed by atoms with Gasteiger partial charge in [-0.25, -0.2) is 8.42 Å². The lowest BCUT2D eigenvalue weighted by Gasteiger charge is -2.34. The molecule has 1 N–H and O–H groups in total. The van der Waals surface area contributed by atoms with Crippen molar-refractivity contribution in [2.24, 2.45) is 0 Å². The summed E-state index contributed by atoms with van der Waals surface area (Å²) >= 11 is 13.0. The average Bonchev–Trinajstić information content (AvgIpc) is 2.91. The summed E-state index contributed by atoms with van der Waals surface area (Å²) < 4.78 is 26.9. The standard InChI is InChI=1S/C30H35Cl2N3O4S/c1-5-22(3)33-30(37)28(18-23-13-7-6-8-14-23)34(19-24-25(31)15-11-16-26(24)32)29(36)20-35(40(4,38)39)27-17-10-9-12-21(27)2/h6-17,22,28H,5,18-20H2,1-4H3,(H,33,37)/t22-,28-/m1/s1. The number of aryl methyl sites for hydroxylation is 1. The minimum absolute atomic E-state index is 0.0891. The molecule has 2 atom stereocenters. The average molecular weight is 605 g/mol. The highest BCUT2D eigenvalue weighted by Gasteiger charge is 2.34. The van der Waals surface area contributed by atoms with Crippen LogP contribution in [0.1, 0.15) is 37.0 Å². The van der Waals surface area contributed by atoms with Crippen molar-refractivity contribution in [1.29, 1.82) is 0 Å². The fourth-order valence-electron chi connectivity index (χ4n) is 4.29. The van der Waals surface area contributed by atoms with Crippen molar-refractivity contribution in [3.05, 3.63) is 99.5 Å². The third-order valence-corrected chi connectivity index (χ3v) is 8.56. The van der Waals surface area contributed by atoms with Crippen molar-refractivity contribution in [2.75, 3.05) is 17.1 Å². The van der Waals surface area contributed by atoms with Crippen molar-refractivity contribution in [3.8, 4) is 0 Å². The van der Waals surface area contributed by atoms with Crippen LogP contribution in [-0.2, 0) is 32.6 Å². The monoisotopic (exact) mass is 603 g/mol. The molecule has 0 aromatic heterocycles. The lowest BCUT2D eigenvalue weighted by Crippen LogP contribution is -2.54. The van der Waals surface area contributed by atoms with Crippen LogP contribution in [0.25, 0.3) is 0 Å². The highest BCUT2D eigenvalue weighted by Crippen LogP contribution is 2.28. The zero-order chi connectivity index (χ0) is 29.4. The van der Waals surface area contributed by atoms with Crippen molar-refractivity contribution in [3.63, 3.8) is 0 Å². The van der Waals surface area contributed by atoms with E-state index in [0.29, 0.717) is 33.3 Å². The molecule has 0 saturated heterocycles. The molecular formula is C30H35Cl2N3O4S. The first-order chi connectivity index (χ1) is 18.9. The molecule has 0 aliphatic carbocycles. The minimum Gasteiger partial charge on any atom is -0.352 e. The van der Waals surface area contributed by atoms with Gasteiger partial charge in [0.2, 0.25) is 21.8 Å². The van der Waals surface area contributed by atoms with E-state index in [1.807, 2.05) is 44.2 Å². The van der Waals surface area contributed by atoms with E-state index in [0.717, 1.165) is 16.1 Å². The van der Waals surface area contributed by atoms with Gasteiger partial charge in [0.1, 0.15) is 12.6 Å². The van der Waals surface area contributed by atoms with E-state index in [9.17, 15) is 18.0 Å². The van der Waals surface area contributed by atoms with Crippen LogP contribution in [0.2, 0.25) is 10.0 Å². The predicted molar refractivity (Wildman–Crippen MR) is 162 cm³/mol. The number of rotatable bonds is 12. The highest BCUT2D eigenvalue weighted by molar-refractivity contribution is 7.92. The lowest BCUT2D eigenvalue weighted by atomic mass is 10.0. The molecule has 0 bridgehead atoms. The van der Waals surface area contributed by atoms with Gasteiger partial charge in [0.05, 0.1) is 11.9 Å². The molecule has 10 heteroatoms. The number of carbonyl (C=O) groups excluding carboxylic acids is 2. The van der Waals surface area contributed by atoms with Crippen molar-refractivity contribution < 1.29 is 18.0 Å². The third kappa shape index (κ3) is 8.22. The Bertz CT molecular complexity index is 1410. The molecule has 0 unspecified atom stereocenters. The van der Waals surface area contributed by atoms with Crippen LogP contribution >= 0.6 is 23.2 Å². The molecular weight excluding hydrogens is 569 g/mol. The van der Waals surface area contributed by atoms with Crippen LogP contribution in [0.3, 0.4) is 0 Å². The number of amides is 2. The summed E-state index contributed by atoms with van der Waals surface area (Å²) in [6.07, 6.45) is 1.96. The van der Waals surface area contributed by atoms with E-state index in [2.05, 4.69) is 5.32 Å². The quantitative estimate of drug-likeness (QED) is 0.291. The van der Waals surface area contributed by atoms with Crippen LogP contribution in [-0.4, -0.2) is 50.0 Å². The van der Waals surface area contributed by atoms with Gasteiger partial charge < -0.3 is 10.2 Å². The first-order valence-corrected chi connectivity index (χ1v) is 15.6. The molecule has 3 aromatic rings. The fraction of sp³-hybridized carbons (Fsp3) is 0.333. The topological polar surface area (TPSA) is 86.8 Å². The van der Waals surface area contributed by atoms with E-state index in [-0.39, 0.29) is 24.9 Å². The molecule has 0 aliphatic heterocycles. The van der Waals surface area contributed by atoms with Gasteiger partial charge in [0.15, 0.2) is 0 Å². The van der Waals surface area contributed by atoms with Crippen LogP contribution < -0.4 is 9.62 Å². The molecule has 0 radical (unpaired) electrons. The van der Waals surface area contributed by atoms with Crippen molar-refractivity contribution in [1.82, 2.24) is 10.2 Å². The molecule has 0 aliphatic rings. The molecule has 40 heavy (non-hydrogen) atoms. The summed E-state index contributed by atoms with van der Waals surface area (Å²) in [7, 11) is -3.85. The van der Waals surface area contributed by atoms with E-state index in [1.54, 1.807) is 49.4 Å². The summed E-state index contributed by atoms with van der Waals surface area (Å²) in [5, 5.41) is 3.67. The Balaban J connectivity index is 2.12. The summed E-state index contributed by atoms with van der Waals surface area (Å²) in [5.74, 6) is -0.915. The van der Waals surface area contributed by atoms with Crippen molar-refractivity contribution >= 4 is 50.7 Å². The number of sulfonamides is 1. The van der Waals surface area contributed by atoms with E-state index in [1.165, 1.54) is 4.90 Å². The maximum atomic E-state index is 14.2. The molecule has 3 aromatic carbocycles. The maximum absolute atomic E-state index is 14.2. The first kappa shape index (κ1) is 31.5. The Kier molecular flexibility index (Phi) is 11.0. The lowest BCUT2D eigenvalue weighted by molar-refractivity contribution is -0.140. The molecule has 0 heterocycles. The van der Waals surface area contributed by atoms with Gasteiger partial charge in [-0.05, 0) is 49.6 Å². The number of para-hydroxylation sites is 1. The van der Waals surface area contributed by atoms with Gasteiger partial charge >= 0.3 is 0 Å². The summed E-state index contributed by atoms with van der Waals surface area (Å²) in [6, 6.07) is 20.2. The Morgan fingerprint density at radius 3 is 2.10 bits per heavy atom. The van der Waals surface area contributed by atoms with Gasteiger partial charge in [-0.1, -0.05) is 84.7 Å². The molecule has 7 nitrogen and oxygen atoms in total. The number of benzene rings is 3. The number of anilines is 1. The van der Waals surface area contributed by atoms with Gasteiger partial charge in [-0.15, -0.1) is 0 Å². The Hall–Kier alpha value is -3.07. The fourth-order valence-corrected chi connectivity index (χ4v) is 5.71. The second-order valence-electron chi connectivity index (χ2n) is 9.80. The van der Waals surface area contributed by atoms with Gasteiger partial charge in [-0.3, -0.25) is 13.9 Å². The Morgan fingerprint density at radius 2 is 1.52 bits per heavy atom. The number of nitrogens with zero attached hydrogens (tertiary/aromatic N) is 2. The number of halogens is 2. The van der Waals surface area contributed by atoms with E-state index >= 15 is 0 Å². The Labute approximate surface area is 247 Å². The normalized spacial score (nSPS) is 12.8. The smallest absolute Gasteiger partial charge is 0.244 e. The minimum atomic E-state index is -3.85. The summed E-state index contributed by atoms with van der Waals surface area (Å²) in [6.45, 7) is 5.02. The number of hydrogen-bond acceptors (Lipinski definition) is 4. The number of nitrogens with one attached hydrogen (secondary N) is 1. The maximum Gasteiger partial charge on any atom is 0.244 e. The molecule has 0 spiro atoms. The van der Waals surface area contributed by atoms with Crippen LogP contribution in [0.5, 0.6) is 0 Å². The van der Waals surface area contributed by atoms with E-state index < -0.39 is 28.5 Å². The molecule has 2 amide bonds.